The van der Waals surface area contributed by atoms with Crippen LogP contribution in [0.15, 0.2) is 93.6 Å². The molecule has 3 rings (SSSR count). The number of para-hydroxylation sites is 1. The molecule has 0 saturated carbocycles. The molecule has 0 spiro atoms. The number of methoxy groups -OCH3 is 2. The molecule has 0 aromatic heterocycles. The number of hydrogen-bond acceptors (Lipinski definition) is 6. The third kappa shape index (κ3) is 6.98. The summed E-state index contributed by atoms with van der Waals surface area (Å²) in [4.78, 5) is 42.9. The molecule has 0 radical (unpaired) electrons. The largest absolute Gasteiger partial charge is 0.453 e. The van der Waals surface area contributed by atoms with Gasteiger partial charge in [-0.2, -0.15) is 0 Å². The van der Waals surface area contributed by atoms with Crippen molar-refractivity contribution in [3.05, 3.63) is 78.9 Å². The lowest BCUT2D eigenvalue weighted by Gasteiger charge is -2.24. The summed E-state index contributed by atoms with van der Waals surface area (Å²) in [7, 11) is 2.31. The van der Waals surface area contributed by atoms with Crippen LogP contribution in [0.5, 0.6) is 0 Å². The molecule has 4 N–H and O–H groups in total. The van der Waals surface area contributed by atoms with E-state index in [0.29, 0.717) is 17.1 Å². The van der Waals surface area contributed by atoms with Crippen LogP contribution in [-0.4, -0.2) is 38.4 Å². The molecule has 35 heavy (non-hydrogen) atoms. The van der Waals surface area contributed by atoms with Gasteiger partial charge in [0.1, 0.15) is 0 Å². The fourth-order valence-electron chi connectivity index (χ4n) is 2.96. The van der Waals surface area contributed by atoms with Crippen LogP contribution in [0.4, 0.5) is 31.4 Å². The average molecular weight is 494 g/mol. The first-order valence-electron chi connectivity index (χ1n) is 10.2. The fraction of sp³-hybridized carbons (Fsp3) is 0.0833. The van der Waals surface area contributed by atoms with Crippen LogP contribution in [0, 0.1) is 0 Å². The van der Waals surface area contributed by atoms with E-state index in [4.69, 9.17) is 5.73 Å². The van der Waals surface area contributed by atoms with Crippen molar-refractivity contribution in [3.8, 4) is 0 Å². The zero-order valence-corrected chi connectivity index (χ0v) is 19.7. The lowest BCUT2D eigenvalue weighted by molar-refractivity contribution is 0.176. The first-order chi connectivity index (χ1) is 16.9. The molecule has 0 unspecified atom stereocenters. The van der Waals surface area contributed by atoms with Crippen LogP contribution in [-0.2, 0) is 9.47 Å². The number of urea groups is 1. The maximum absolute atomic E-state index is 12.5. The normalized spacial score (nSPS) is 10.7. The quantitative estimate of drug-likeness (QED) is 0.338. The van der Waals surface area contributed by atoms with Gasteiger partial charge in [0.15, 0.2) is 0 Å². The summed E-state index contributed by atoms with van der Waals surface area (Å²) in [6.45, 7) is 0. The Hall–Kier alpha value is -4.51. The van der Waals surface area contributed by atoms with E-state index in [2.05, 4.69) is 25.1 Å². The van der Waals surface area contributed by atoms with Gasteiger partial charge in [-0.3, -0.25) is 10.2 Å². The highest BCUT2D eigenvalue weighted by Crippen LogP contribution is 2.37. The van der Waals surface area contributed by atoms with Crippen LogP contribution in [0.1, 0.15) is 0 Å². The van der Waals surface area contributed by atoms with E-state index in [1.165, 1.54) is 16.7 Å². The number of anilines is 3. The summed E-state index contributed by atoms with van der Waals surface area (Å²) in [5.74, 6) is -0.274. The number of aliphatic imine (C=N–C) groups is 1. The number of ether oxygens (including phenoxy) is 2. The summed E-state index contributed by atoms with van der Waals surface area (Å²) < 4.78 is 9.18. The van der Waals surface area contributed by atoms with Crippen LogP contribution < -0.4 is 21.3 Å². The molecule has 0 bridgehead atoms. The predicted octanol–water partition coefficient (Wildman–Crippen LogP) is 4.94. The third-order valence-electron chi connectivity index (χ3n) is 4.46. The molecular weight excluding hydrogens is 470 g/mol. The van der Waals surface area contributed by atoms with Gasteiger partial charge >= 0.3 is 18.2 Å². The smallest absolute Gasteiger partial charge is 0.436 e. The number of rotatable bonds is 5. The minimum Gasteiger partial charge on any atom is -0.453 e. The Balaban J connectivity index is 2.10. The van der Waals surface area contributed by atoms with E-state index in [0.717, 1.165) is 24.0 Å². The summed E-state index contributed by atoms with van der Waals surface area (Å²) >= 11 is 1.47. The Morgan fingerprint density at radius 3 is 2.14 bits per heavy atom. The maximum Gasteiger partial charge on any atom is 0.436 e. The van der Waals surface area contributed by atoms with Crippen molar-refractivity contribution in [1.82, 2.24) is 5.32 Å². The number of alkyl carbamates (subject to hydrolysis) is 1. The van der Waals surface area contributed by atoms with Gasteiger partial charge in [-0.15, -0.1) is 4.99 Å². The zero-order chi connectivity index (χ0) is 25.2. The highest BCUT2D eigenvalue weighted by molar-refractivity contribution is 7.99. The van der Waals surface area contributed by atoms with Crippen molar-refractivity contribution < 1.29 is 23.9 Å². The van der Waals surface area contributed by atoms with Gasteiger partial charge in [-0.05, 0) is 42.5 Å². The van der Waals surface area contributed by atoms with E-state index < -0.39 is 18.2 Å². The molecule has 0 fully saturated rings. The molecule has 0 aliphatic carbocycles. The molecule has 0 aliphatic heterocycles. The Kier molecular flexibility index (Phi) is 8.68. The molecular formula is C24H23N5O5S. The molecule has 0 saturated heterocycles. The van der Waals surface area contributed by atoms with Gasteiger partial charge in [0.25, 0.3) is 0 Å². The van der Waals surface area contributed by atoms with Crippen LogP contribution in [0.3, 0.4) is 0 Å². The Morgan fingerprint density at radius 2 is 1.54 bits per heavy atom. The zero-order valence-electron chi connectivity index (χ0n) is 18.9. The van der Waals surface area contributed by atoms with Gasteiger partial charge in [0.2, 0.25) is 5.96 Å². The summed E-state index contributed by atoms with van der Waals surface area (Å²) in [5, 5.41) is 5.20. The molecule has 3 aromatic carbocycles. The average Bonchev–Trinajstić information content (AvgIpc) is 2.86. The molecule has 11 heteroatoms. The first kappa shape index (κ1) is 25.1. The van der Waals surface area contributed by atoms with E-state index >= 15 is 0 Å². The number of nitrogens with zero attached hydrogens (tertiary/aromatic N) is 2. The number of carbonyl (C=O) groups is 3. The minimum absolute atomic E-state index is 0.274. The van der Waals surface area contributed by atoms with Crippen LogP contribution in [0.25, 0.3) is 0 Å². The van der Waals surface area contributed by atoms with E-state index in [9.17, 15) is 14.4 Å². The number of nitrogens with two attached hydrogens (primary N) is 1. The number of nitrogens with one attached hydrogen (secondary N) is 2. The first-order valence-corrected chi connectivity index (χ1v) is 11.0. The molecule has 180 valence electrons. The topological polar surface area (TPSA) is 135 Å². The number of hydrogen-bond donors (Lipinski definition) is 3. The lowest BCUT2D eigenvalue weighted by atomic mass is 10.2. The molecule has 0 heterocycles. The minimum atomic E-state index is -0.963. The van der Waals surface area contributed by atoms with Gasteiger partial charge in [-0.25, -0.2) is 14.4 Å². The monoisotopic (exact) mass is 493 g/mol. The molecule has 0 aliphatic rings. The third-order valence-corrected chi connectivity index (χ3v) is 5.46. The number of benzene rings is 3. The van der Waals surface area contributed by atoms with Crippen molar-refractivity contribution in [1.29, 1.82) is 0 Å². The highest BCUT2D eigenvalue weighted by Gasteiger charge is 2.21. The van der Waals surface area contributed by atoms with Gasteiger partial charge in [0.05, 0.1) is 31.3 Å². The number of primary amides is 1. The van der Waals surface area contributed by atoms with E-state index in [-0.39, 0.29) is 5.96 Å². The van der Waals surface area contributed by atoms with E-state index in [1.807, 2.05) is 42.5 Å². The molecule has 4 amide bonds. The summed E-state index contributed by atoms with van der Waals surface area (Å²) in [6, 6.07) is 22.9. The maximum atomic E-state index is 12.5. The van der Waals surface area contributed by atoms with Crippen molar-refractivity contribution in [2.24, 2.45) is 10.7 Å². The van der Waals surface area contributed by atoms with Crippen LogP contribution in [0.2, 0.25) is 0 Å². The Bertz CT molecular complexity index is 1220. The summed E-state index contributed by atoms with van der Waals surface area (Å²) in [5.41, 5.74) is 6.92. The lowest BCUT2D eigenvalue weighted by Crippen LogP contribution is -2.37. The number of guanidine groups is 1. The Morgan fingerprint density at radius 1 is 0.886 bits per heavy atom. The molecule has 10 nitrogen and oxygen atoms in total. The Labute approximate surface area is 206 Å². The standard InChI is InChI=1S/C24H23N5O5S/c1-33-23(31)27-22(28-24(32)34-2)26-19-15-18(35-17-11-7-4-8-12-17)13-14-20(19)29(21(25)30)16-9-5-3-6-10-16/h3-15H,1-2H3,(H2,25,30)(H2,26,27,28,31,32). The van der Waals surface area contributed by atoms with Crippen molar-refractivity contribution in [2.45, 2.75) is 9.79 Å². The van der Waals surface area contributed by atoms with Crippen molar-refractivity contribution in [2.75, 3.05) is 24.4 Å². The molecule has 3 aromatic rings. The molecule has 0 atom stereocenters. The predicted molar refractivity (Wildman–Crippen MR) is 134 cm³/mol. The highest BCUT2D eigenvalue weighted by atomic mass is 32.2. The second-order valence-electron chi connectivity index (χ2n) is 6.78. The van der Waals surface area contributed by atoms with Gasteiger partial charge in [0, 0.05) is 9.79 Å². The van der Waals surface area contributed by atoms with Crippen LogP contribution >= 0.6 is 11.8 Å². The second-order valence-corrected chi connectivity index (χ2v) is 7.92. The van der Waals surface area contributed by atoms with Crippen molar-refractivity contribution in [3.63, 3.8) is 0 Å². The van der Waals surface area contributed by atoms with Gasteiger partial charge < -0.3 is 20.5 Å². The van der Waals surface area contributed by atoms with Gasteiger partial charge in [-0.1, -0.05) is 48.2 Å². The van der Waals surface area contributed by atoms with Crippen molar-refractivity contribution >= 4 is 53.0 Å². The summed E-state index contributed by atoms with van der Waals surface area (Å²) in [6.07, 6.45) is -1.83. The number of amides is 4. The number of carbonyl (C=O) groups excluding carboxylic acids is 3. The SMILES string of the molecule is COC(=O)N=C(NC(=O)OC)Nc1cc(Sc2ccccc2)ccc1N(C(N)=O)c1ccccc1. The fourth-order valence-corrected chi connectivity index (χ4v) is 3.84. The second kappa shape index (κ2) is 12.1. The van der Waals surface area contributed by atoms with E-state index in [1.54, 1.807) is 36.4 Å².